The summed E-state index contributed by atoms with van der Waals surface area (Å²) in [5.74, 6) is 0.880. The zero-order valence-electron chi connectivity index (χ0n) is 12.1. The minimum absolute atomic E-state index is 0.143. The van der Waals surface area contributed by atoms with Gasteiger partial charge in [0.15, 0.2) is 0 Å². The molecule has 1 aromatic carbocycles. The van der Waals surface area contributed by atoms with Crippen LogP contribution in [0.5, 0.6) is 0 Å². The Labute approximate surface area is 116 Å². The lowest BCUT2D eigenvalue weighted by Gasteiger charge is -2.26. The van der Waals surface area contributed by atoms with Gasteiger partial charge in [0.1, 0.15) is 0 Å². The first kappa shape index (κ1) is 14.1. The van der Waals surface area contributed by atoms with Crippen molar-refractivity contribution in [2.24, 2.45) is 11.8 Å². The van der Waals surface area contributed by atoms with Gasteiger partial charge in [-0.1, -0.05) is 31.2 Å². The second-order valence-electron chi connectivity index (χ2n) is 5.52. The third kappa shape index (κ3) is 3.16. The number of aryl methyl sites for hydroxylation is 1. The van der Waals surface area contributed by atoms with Gasteiger partial charge in [-0.15, -0.1) is 0 Å². The van der Waals surface area contributed by atoms with E-state index >= 15 is 0 Å². The molecule has 0 bridgehead atoms. The Morgan fingerprint density at radius 2 is 2.11 bits per heavy atom. The molecule has 0 spiro atoms. The Morgan fingerprint density at radius 1 is 1.37 bits per heavy atom. The normalized spacial score (nSPS) is 22.5. The lowest BCUT2D eigenvalue weighted by Crippen LogP contribution is -2.38. The van der Waals surface area contributed by atoms with E-state index in [2.05, 4.69) is 38.2 Å². The summed E-state index contributed by atoms with van der Waals surface area (Å²) in [7, 11) is 0. The molecule has 1 heterocycles. The smallest absolute Gasteiger partial charge is 0.227 e. The lowest BCUT2D eigenvalue weighted by atomic mass is 9.96. The SMILES string of the molecule is CCN(Cc1ccccc1C)C(=O)C1CNCC1C. The van der Waals surface area contributed by atoms with E-state index in [1.165, 1.54) is 11.1 Å². The molecule has 1 aliphatic rings. The third-order valence-corrected chi connectivity index (χ3v) is 4.15. The van der Waals surface area contributed by atoms with Crippen LogP contribution in [0.15, 0.2) is 24.3 Å². The van der Waals surface area contributed by atoms with E-state index in [-0.39, 0.29) is 5.92 Å². The average Bonchev–Trinajstić information content (AvgIpc) is 2.83. The summed E-state index contributed by atoms with van der Waals surface area (Å²) in [4.78, 5) is 14.6. The van der Waals surface area contributed by atoms with Gasteiger partial charge >= 0.3 is 0 Å². The summed E-state index contributed by atoms with van der Waals surface area (Å²) >= 11 is 0. The van der Waals surface area contributed by atoms with Crippen molar-refractivity contribution < 1.29 is 4.79 Å². The van der Waals surface area contributed by atoms with Crippen molar-refractivity contribution in [3.05, 3.63) is 35.4 Å². The van der Waals surface area contributed by atoms with Gasteiger partial charge in [0.05, 0.1) is 5.92 Å². The molecule has 3 nitrogen and oxygen atoms in total. The Bertz CT molecular complexity index is 444. The second kappa shape index (κ2) is 6.20. The van der Waals surface area contributed by atoms with Gasteiger partial charge < -0.3 is 10.2 Å². The first-order chi connectivity index (χ1) is 9.13. The molecule has 1 fully saturated rings. The molecule has 0 radical (unpaired) electrons. The molecule has 104 valence electrons. The summed E-state index contributed by atoms with van der Waals surface area (Å²) in [5, 5.41) is 3.31. The number of benzene rings is 1. The third-order valence-electron chi connectivity index (χ3n) is 4.15. The lowest BCUT2D eigenvalue weighted by molar-refractivity contribution is -0.136. The second-order valence-corrected chi connectivity index (χ2v) is 5.52. The van der Waals surface area contributed by atoms with Crippen molar-refractivity contribution in [3.63, 3.8) is 0 Å². The molecular weight excluding hydrogens is 236 g/mol. The van der Waals surface area contributed by atoms with Crippen LogP contribution in [0, 0.1) is 18.8 Å². The van der Waals surface area contributed by atoms with Crippen molar-refractivity contribution in [1.82, 2.24) is 10.2 Å². The predicted octanol–water partition coefficient (Wildman–Crippen LogP) is 2.20. The van der Waals surface area contributed by atoms with Crippen molar-refractivity contribution >= 4 is 5.91 Å². The number of hydrogen-bond acceptors (Lipinski definition) is 2. The molecule has 1 saturated heterocycles. The van der Waals surface area contributed by atoms with Crippen LogP contribution in [0.4, 0.5) is 0 Å². The first-order valence-corrected chi connectivity index (χ1v) is 7.17. The molecule has 3 heteroatoms. The van der Waals surface area contributed by atoms with E-state index in [1.807, 2.05) is 17.0 Å². The molecule has 2 unspecified atom stereocenters. The van der Waals surface area contributed by atoms with Crippen LogP contribution < -0.4 is 5.32 Å². The highest BCUT2D eigenvalue weighted by Gasteiger charge is 2.32. The highest BCUT2D eigenvalue weighted by molar-refractivity contribution is 5.79. The van der Waals surface area contributed by atoms with Crippen LogP contribution in [-0.2, 0) is 11.3 Å². The number of carbonyl (C=O) groups is 1. The Balaban J connectivity index is 2.08. The van der Waals surface area contributed by atoms with Crippen LogP contribution in [0.25, 0.3) is 0 Å². The highest BCUT2D eigenvalue weighted by Crippen LogP contribution is 2.20. The fraction of sp³-hybridized carbons (Fsp3) is 0.562. The van der Waals surface area contributed by atoms with Gasteiger partial charge in [-0.3, -0.25) is 4.79 Å². The number of nitrogens with zero attached hydrogens (tertiary/aromatic N) is 1. The van der Waals surface area contributed by atoms with Gasteiger partial charge in [0, 0.05) is 19.6 Å². The molecule has 0 aliphatic carbocycles. The van der Waals surface area contributed by atoms with E-state index in [4.69, 9.17) is 0 Å². The summed E-state index contributed by atoms with van der Waals surface area (Å²) in [6.07, 6.45) is 0. The average molecular weight is 260 g/mol. The molecule has 1 aliphatic heterocycles. The molecule has 1 N–H and O–H groups in total. The van der Waals surface area contributed by atoms with E-state index in [1.54, 1.807) is 0 Å². The minimum atomic E-state index is 0.143. The van der Waals surface area contributed by atoms with Gasteiger partial charge in [0.25, 0.3) is 0 Å². The predicted molar refractivity (Wildman–Crippen MR) is 77.8 cm³/mol. The Hall–Kier alpha value is -1.35. The van der Waals surface area contributed by atoms with Crippen LogP contribution in [0.1, 0.15) is 25.0 Å². The van der Waals surface area contributed by atoms with E-state index in [9.17, 15) is 4.79 Å². The molecule has 1 aromatic rings. The van der Waals surface area contributed by atoms with Gasteiger partial charge in [-0.2, -0.15) is 0 Å². The van der Waals surface area contributed by atoms with Crippen molar-refractivity contribution in [1.29, 1.82) is 0 Å². The topological polar surface area (TPSA) is 32.3 Å². The molecule has 2 atom stereocenters. The van der Waals surface area contributed by atoms with Crippen LogP contribution in [0.2, 0.25) is 0 Å². The zero-order valence-corrected chi connectivity index (χ0v) is 12.1. The monoisotopic (exact) mass is 260 g/mol. The fourth-order valence-electron chi connectivity index (χ4n) is 2.71. The maximum absolute atomic E-state index is 12.6. The van der Waals surface area contributed by atoms with Crippen LogP contribution in [-0.4, -0.2) is 30.4 Å². The van der Waals surface area contributed by atoms with Crippen LogP contribution >= 0.6 is 0 Å². The molecule has 0 aromatic heterocycles. The Kier molecular flexibility index (Phi) is 4.59. The van der Waals surface area contributed by atoms with Gasteiger partial charge in [-0.05, 0) is 37.4 Å². The summed E-state index contributed by atoms with van der Waals surface area (Å²) < 4.78 is 0. The largest absolute Gasteiger partial charge is 0.338 e. The number of carbonyl (C=O) groups excluding carboxylic acids is 1. The van der Waals surface area contributed by atoms with Gasteiger partial charge in [0.2, 0.25) is 5.91 Å². The van der Waals surface area contributed by atoms with Gasteiger partial charge in [-0.25, -0.2) is 0 Å². The number of hydrogen-bond donors (Lipinski definition) is 1. The zero-order chi connectivity index (χ0) is 13.8. The maximum atomic E-state index is 12.6. The van der Waals surface area contributed by atoms with Crippen molar-refractivity contribution in [2.75, 3.05) is 19.6 Å². The molecule has 19 heavy (non-hydrogen) atoms. The van der Waals surface area contributed by atoms with Crippen molar-refractivity contribution in [3.8, 4) is 0 Å². The quantitative estimate of drug-likeness (QED) is 0.900. The molecule has 2 rings (SSSR count). The van der Waals surface area contributed by atoms with Crippen molar-refractivity contribution in [2.45, 2.75) is 27.3 Å². The fourth-order valence-corrected chi connectivity index (χ4v) is 2.71. The standard InChI is InChI=1S/C16H24N2O/c1-4-18(11-14-8-6-5-7-12(14)2)16(19)15-10-17-9-13(15)3/h5-8,13,15,17H,4,9-11H2,1-3H3. The maximum Gasteiger partial charge on any atom is 0.227 e. The minimum Gasteiger partial charge on any atom is -0.338 e. The highest BCUT2D eigenvalue weighted by atomic mass is 16.2. The van der Waals surface area contributed by atoms with E-state index in [0.29, 0.717) is 11.8 Å². The number of amides is 1. The van der Waals surface area contributed by atoms with Crippen LogP contribution in [0.3, 0.4) is 0 Å². The molecular formula is C16H24N2O. The van der Waals surface area contributed by atoms with E-state index in [0.717, 1.165) is 26.2 Å². The Morgan fingerprint density at radius 3 is 2.68 bits per heavy atom. The molecule has 0 saturated carbocycles. The number of nitrogens with one attached hydrogen (secondary N) is 1. The first-order valence-electron chi connectivity index (χ1n) is 7.17. The summed E-state index contributed by atoms with van der Waals surface area (Å²) in [6.45, 7) is 9.60. The number of rotatable bonds is 4. The summed E-state index contributed by atoms with van der Waals surface area (Å²) in [6, 6.07) is 8.30. The molecule has 1 amide bonds. The summed E-state index contributed by atoms with van der Waals surface area (Å²) in [5.41, 5.74) is 2.50. The van der Waals surface area contributed by atoms with E-state index < -0.39 is 0 Å².